The zero-order chi connectivity index (χ0) is 8.27. The Bertz CT molecular complexity index is 188. The summed E-state index contributed by atoms with van der Waals surface area (Å²) in [5.41, 5.74) is 0. The van der Waals surface area contributed by atoms with E-state index in [-0.39, 0.29) is 0 Å². The van der Waals surface area contributed by atoms with Crippen LogP contribution < -0.4 is 0 Å². The standard InChI is InChI=1S/C7H11O3P/c1-4-8-11-9-6(2)5-7(3)10-11/h5H,2,4H2,1,3H3. The highest BCUT2D eigenvalue weighted by Gasteiger charge is 2.20. The summed E-state index contributed by atoms with van der Waals surface area (Å²) in [7, 11) is -1.22. The predicted octanol–water partition coefficient (Wildman–Crippen LogP) is 2.71. The van der Waals surface area contributed by atoms with Gasteiger partial charge >= 0.3 is 8.60 Å². The first-order valence-corrected chi connectivity index (χ1v) is 4.48. The minimum Gasteiger partial charge on any atom is -0.422 e. The SMILES string of the molecule is C=C1C=C(C)OP(OCC)O1. The molecule has 62 valence electrons. The van der Waals surface area contributed by atoms with Gasteiger partial charge in [0.2, 0.25) is 0 Å². The van der Waals surface area contributed by atoms with Crippen molar-refractivity contribution in [1.29, 1.82) is 0 Å². The first kappa shape index (κ1) is 8.57. The minimum absolute atomic E-state index is 0.590. The fraction of sp³-hybridized carbons (Fsp3) is 0.429. The minimum atomic E-state index is -1.22. The highest BCUT2D eigenvalue weighted by Crippen LogP contribution is 2.47. The van der Waals surface area contributed by atoms with E-state index in [0.29, 0.717) is 12.4 Å². The van der Waals surface area contributed by atoms with Gasteiger partial charge in [-0.05, 0) is 13.8 Å². The molecule has 0 saturated heterocycles. The Morgan fingerprint density at radius 2 is 2.36 bits per heavy atom. The van der Waals surface area contributed by atoms with Gasteiger partial charge in [0.1, 0.15) is 11.5 Å². The lowest BCUT2D eigenvalue weighted by atomic mass is 10.4. The molecule has 3 nitrogen and oxygen atoms in total. The summed E-state index contributed by atoms with van der Waals surface area (Å²) in [6.45, 7) is 7.99. The Labute approximate surface area is 67.6 Å². The third-order valence-electron chi connectivity index (χ3n) is 1.01. The van der Waals surface area contributed by atoms with E-state index >= 15 is 0 Å². The van der Waals surface area contributed by atoms with Gasteiger partial charge in [0.05, 0.1) is 6.61 Å². The van der Waals surface area contributed by atoms with Crippen molar-refractivity contribution in [2.45, 2.75) is 13.8 Å². The first-order chi connectivity index (χ1) is 5.22. The topological polar surface area (TPSA) is 27.7 Å². The molecule has 0 aromatic rings. The quantitative estimate of drug-likeness (QED) is 0.602. The van der Waals surface area contributed by atoms with Crippen molar-refractivity contribution < 1.29 is 13.6 Å². The molecule has 1 aliphatic rings. The van der Waals surface area contributed by atoms with E-state index in [1.807, 2.05) is 13.8 Å². The van der Waals surface area contributed by atoms with Crippen LogP contribution in [0.25, 0.3) is 0 Å². The van der Waals surface area contributed by atoms with Crippen molar-refractivity contribution in [3.63, 3.8) is 0 Å². The van der Waals surface area contributed by atoms with Crippen molar-refractivity contribution >= 4 is 8.60 Å². The molecule has 0 fully saturated rings. The summed E-state index contributed by atoms with van der Waals surface area (Å²) in [5, 5.41) is 0. The molecule has 0 N–H and O–H groups in total. The smallest absolute Gasteiger partial charge is 0.422 e. The molecule has 1 aliphatic heterocycles. The van der Waals surface area contributed by atoms with E-state index < -0.39 is 8.60 Å². The van der Waals surface area contributed by atoms with Crippen LogP contribution in [0.2, 0.25) is 0 Å². The van der Waals surface area contributed by atoms with Crippen LogP contribution in [0.3, 0.4) is 0 Å². The van der Waals surface area contributed by atoms with Crippen LogP contribution in [0.1, 0.15) is 13.8 Å². The molecule has 0 saturated carbocycles. The second kappa shape index (κ2) is 3.74. The maximum atomic E-state index is 5.22. The third kappa shape index (κ3) is 2.52. The Morgan fingerprint density at radius 3 is 2.91 bits per heavy atom. The predicted molar refractivity (Wildman–Crippen MR) is 43.6 cm³/mol. The Morgan fingerprint density at radius 1 is 1.64 bits per heavy atom. The van der Waals surface area contributed by atoms with Crippen LogP contribution in [0.5, 0.6) is 0 Å². The lowest BCUT2D eigenvalue weighted by Gasteiger charge is -2.21. The van der Waals surface area contributed by atoms with E-state index in [4.69, 9.17) is 13.6 Å². The zero-order valence-corrected chi connectivity index (χ0v) is 7.56. The maximum Gasteiger partial charge on any atom is 0.462 e. The first-order valence-electron chi connectivity index (χ1n) is 3.38. The molecule has 0 spiro atoms. The van der Waals surface area contributed by atoms with E-state index in [2.05, 4.69) is 6.58 Å². The van der Waals surface area contributed by atoms with Gasteiger partial charge in [-0.3, -0.25) is 4.52 Å². The Hall–Kier alpha value is -0.530. The van der Waals surface area contributed by atoms with Crippen molar-refractivity contribution in [3.05, 3.63) is 24.2 Å². The molecule has 11 heavy (non-hydrogen) atoms. The van der Waals surface area contributed by atoms with Crippen LogP contribution >= 0.6 is 8.60 Å². The van der Waals surface area contributed by atoms with Crippen LogP contribution in [0, 0.1) is 0 Å². The lowest BCUT2D eigenvalue weighted by molar-refractivity contribution is 0.216. The molecule has 0 aromatic heterocycles. The largest absolute Gasteiger partial charge is 0.462 e. The lowest BCUT2D eigenvalue weighted by Crippen LogP contribution is -1.98. The Balaban J connectivity index is 2.50. The molecule has 0 radical (unpaired) electrons. The summed E-state index contributed by atoms with van der Waals surface area (Å²) >= 11 is 0. The van der Waals surface area contributed by atoms with Crippen LogP contribution in [-0.2, 0) is 13.6 Å². The van der Waals surface area contributed by atoms with E-state index in [0.717, 1.165) is 5.76 Å². The molecule has 0 amide bonds. The van der Waals surface area contributed by atoms with Gasteiger partial charge in [-0.2, -0.15) is 0 Å². The fourth-order valence-electron chi connectivity index (χ4n) is 0.669. The molecular formula is C7H11O3P. The monoisotopic (exact) mass is 174 g/mol. The summed E-state index contributed by atoms with van der Waals surface area (Å²) < 4.78 is 15.5. The number of hydrogen-bond donors (Lipinski definition) is 0. The number of hydrogen-bond acceptors (Lipinski definition) is 3. The van der Waals surface area contributed by atoms with Gasteiger partial charge in [-0.15, -0.1) is 0 Å². The zero-order valence-electron chi connectivity index (χ0n) is 6.66. The van der Waals surface area contributed by atoms with Gasteiger partial charge in [-0.25, -0.2) is 0 Å². The molecule has 0 bridgehead atoms. The van der Waals surface area contributed by atoms with Crippen molar-refractivity contribution in [2.24, 2.45) is 0 Å². The normalized spacial score (nSPS) is 23.6. The molecule has 1 heterocycles. The summed E-state index contributed by atoms with van der Waals surface area (Å²) in [4.78, 5) is 0. The highest BCUT2D eigenvalue weighted by atomic mass is 31.2. The van der Waals surface area contributed by atoms with Gasteiger partial charge in [0.25, 0.3) is 0 Å². The van der Waals surface area contributed by atoms with E-state index in [9.17, 15) is 0 Å². The summed E-state index contributed by atoms with van der Waals surface area (Å²) in [5.74, 6) is 1.40. The third-order valence-corrected chi connectivity index (χ3v) is 2.30. The highest BCUT2D eigenvalue weighted by molar-refractivity contribution is 7.42. The Kier molecular flexibility index (Phi) is 2.92. The molecule has 4 heteroatoms. The molecule has 1 unspecified atom stereocenters. The number of rotatable bonds is 2. The maximum absolute atomic E-state index is 5.22. The second-order valence-electron chi connectivity index (χ2n) is 2.05. The summed E-state index contributed by atoms with van der Waals surface area (Å²) in [6.07, 6.45) is 1.73. The average molecular weight is 174 g/mol. The van der Waals surface area contributed by atoms with Gasteiger partial charge in [0.15, 0.2) is 0 Å². The van der Waals surface area contributed by atoms with E-state index in [1.54, 1.807) is 6.08 Å². The second-order valence-corrected chi connectivity index (χ2v) is 3.12. The summed E-state index contributed by atoms with van der Waals surface area (Å²) in [6, 6.07) is 0. The van der Waals surface area contributed by atoms with Crippen molar-refractivity contribution in [2.75, 3.05) is 6.61 Å². The van der Waals surface area contributed by atoms with Crippen molar-refractivity contribution in [3.8, 4) is 0 Å². The van der Waals surface area contributed by atoms with Gasteiger partial charge in [-0.1, -0.05) is 6.58 Å². The molecule has 1 rings (SSSR count). The molecule has 1 atom stereocenters. The van der Waals surface area contributed by atoms with E-state index in [1.165, 1.54) is 0 Å². The van der Waals surface area contributed by atoms with Gasteiger partial charge in [0, 0.05) is 6.08 Å². The molecule has 0 aromatic carbocycles. The van der Waals surface area contributed by atoms with Crippen molar-refractivity contribution in [1.82, 2.24) is 0 Å². The molecule has 0 aliphatic carbocycles. The molecular weight excluding hydrogens is 163 g/mol. The van der Waals surface area contributed by atoms with Gasteiger partial charge < -0.3 is 9.05 Å². The average Bonchev–Trinajstić information content (AvgIpc) is 1.85. The van der Waals surface area contributed by atoms with Crippen LogP contribution in [0.4, 0.5) is 0 Å². The fourth-order valence-corrected chi connectivity index (χ4v) is 1.55. The van der Waals surface area contributed by atoms with Crippen LogP contribution in [-0.4, -0.2) is 6.61 Å². The number of allylic oxidation sites excluding steroid dienone is 2. The van der Waals surface area contributed by atoms with Crippen LogP contribution in [0.15, 0.2) is 24.2 Å².